The van der Waals surface area contributed by atoms with Gasteiger partial charge in [-0.15, -0.1) is 0 Å². The normalized spacial score (nSPS) is 21.1. The first kappa shape index (κ1) is 20.3. The molecule has 7 heteroatoms. The van der Waals surface area contributed by atoms with E-state index in [1.54, 1.807) is 16.5 Å². The smallest absolute Gasteiger partial charge is 0.323 e. The largest absolute Gasteiger partial charge is 0.459 e. The molecule has 0 saturated carbocycles. The molecule has 1 aliphatic rings. The standard InChI is InChI=1S/C21H30N4O3/c1-13-11-17(22-14(2)20(27)28-21(3,4)5)25(12-13)19(26)18-15-9-7-8-10-16(15)24(6)23-18/h7-10,13-14,17,22H,11-12H2,1-6H3. The Balaban J connectivity index is 1.80. The number of fused-ring (bicyclic) bond motifs is 1. The number of carbonyl (C=O) groups excluding carboxylic acids is 2. The summed E-state index contributed by atoms with van der Waals surface area (Å²) in [6.45, 7) is 10.0. The third-order valence-corrected chi connectivity index (χ3v) is 4.93. The van der Waals surface area contributed by atoms with E-state index in [0.717, 1.165) is 17.3 Å². The Morgan fingerprint density at radius 2 is 1.96 bits per heavy atom. The van der Waals surface area contributed by atoms with Crippen LogP contribution in [0.3, 0.4) is 0 Å². The van der Waals surface area contributed by atoms with Gasteiger partial charge in [0.1, 0.15) is 11.6 Å². The number of hydrogen-bond donors (Lipinski definition) is 1. The molecule has 152 valence electrons. The average Bonchev–Trinajstić information content (AvgIpc) is 3.13. The van der Waals surface area contributed by atoms with Crippen molar-refractivity contribution in [2.24, 2.45) is 13.0 Å². The minimum absolute atomic E-state index is 0.116. The highest BCUT2D eigenvalue weighted by Gasteiger charge is 2.37. The monoisotopic (exact) mass is 386 g/mol. The van der Waals surface area contributed by atoms with E-state index in [1.165, 1.54) is 0 Å². The molecule has 1 aromatic heterocycles. The average molecular weight is 386 g/mol. The molecule has 3 rings (SSSR count). The zero-order valence-corrected chi connectivity index (χ0v) is 17.5. The Morgan fingerprint density at radius 1 is 1.29 bits per heavy atom. The lowest BCUT2D eigenvalue weighted by molar-refractivity contribution is -0.157. The Labute approximate surface area is 166 Å². The lowest BCUT2D eigenvalue weighted by atomic mass is 10.1. The van der Waals surface area contributed by atoms with E-state index in [2.05, 4.69) is 17.3 Å². The number of aromatic nitrogens is 2. The van der Waals surface area contributed by atoms with Crippen molar-refractivity contribution in [3.63, 3.8) is 0 Å². The number of esters is 1. The first-order valence-corrected chi connectivity index (χ1v) is 9.78. The molecular weight excluding hydrogens is 356 g/mol. The number of nitrogens with one attached hydrogen (secondary N) is 1. The van der Waals surface area contributed by atoms with Gasteiger partial charge in [0.05, 0.1) is 11.7 Å². The third-order valence-electron chi connectivity index (χ3n) is 4.93. The summed E-state index contributed by atoms with van der Waals surface area (Å²) in [5.41, 5.74) is 0.826. The number of para-hydroxylation sites is 1. The third kappa shape index (κ3) is 4.19. The summed E-state index contributed by atoms with van der Waals surface area (Å²) in [5.74, 6) is -0.0972. The fraction of sp³-hybridized carbons (Fsp3) is 0.571. The Kier molecular flexibility index (Phi) is 5.48. The molecule has 0 spiro atoms. The maximum Gasteiger partial charge on any atom is 0.323 e. The molecule has 1 N–H and O–H groups in total. The van der Waals surface area contributed by atoms with Crippen LogP contribution in [0.15, 0.2) is 24.3 Å². The van der Waals surface area contributed by atoms with Crippen molar-refractivity contribution < 1.29 is 14.3 Å². The predicted octanol–water partition coefficient (Wildman–Crippen LogP) is 2.70. The summed E-state index contributed by atoms with van der Waals surface area (Å²) in [6, 6.07) is 7.20. The number of nitrogens with zero attached hydrogens (tertiary/aromatic N) is 3. The second-order valence-corrected chi connectivity index (χ2v) is 8.73. The highest BCUT2D eigenvalue weighted by atomic mass is 16.6. The Hall–Kier alpha value is -2.41. The molecule has 7 nitrogen and oxygen atoms in total. The van der Waals surface area contributed by atoms with Gasteiger partial charge < -0.3 is 9.64 Å². The van der Waals surface area contributed by atoms with Gasteiger partial charge in [-0.3, -0.25) is 19.6 Å². The van der Waals surface area contributed by atoms with E-state index in [-0.39, 0.29) is 18.0 Å². The first-order valence-electron chi connectivity index (χ1n) is 9.78. The Morgan fingerprint density at radius 3 is 2.64 bits per heavy atom. The fourth-order valence-electron chi connectivity index (χ4n) is 3.68. The van der Waals surface area contributed by atoms with Gasteiger partial charge >= 0.3 is 5.97 Å². The van der Waals surface area contributed by atoms with Gasteiger partial charge in [-0.05, 0) is 46.1 Å². The van der Waals surface area contributed by atoms with E-state index in [1.807, 2.05) is 52.1 Å². The van der Waals surface area contributed by atoms with E-state index in [4.69, 9.17) is 4.74 Å². The molecule has 2 aromatic rings. The molecular formula is C21H30N4O3. The van der Waals surface area contributed by atoms with Crippen LogP contribution in [0.5, 0.6) is 0 Å². The lowest BCUT2D eigenvalue weighted by Crippen LogP contribution is -2.51. The molecule has 0 radical (unpaired) electrons. The molecule has 0 bridgehead atoms. The number of likely N-dealkylation sites (tertiary alicyclic amines) is 1. The molecule has 0 aliphatic carbocycles. The topological polar surface area (TPSA) is 76.5 Å². The van der Waals surface area contributed by atoms with Gasteiger partial charge in [-0.1, -0.05) is 25.1 Å². The van der Waals surface area contributed by atoms with Gasteiger partial charge in [-0.2, -0.15) is 5.10 Å². The quantitative estimate of drug-likeness (QED) is 0.818. The molecule has 3 unspecified atom stereocenters. The van der Waals surface area contributed by atoms with Crippen LogP contribution in [0.25, 0.3) is 10.9 Å². The molecule has 1 fully saturated rings. The number of carbonyl (C=O) groups is 2. The van der Waals surface area contributed by atoms with Crippen LogP contribution in [0.2, 0.25) is 0 Å². The fourth-order valence-corrected chi connectivity index (χ4v) is 3.68. The zero-order valence-electron chi connectivity index (χ0n) is 17.5. The van der Waals surface area contributed by atoms with Crippen molar-refractivity contribution in [2.75, 3.05) is 6.54 Å². The highest BCUT2D eigenvalue weighted by Crippen LogP contribution is 2.26. The molecule has 1 saturated heterocycles. The van der Waals surface area contributed by atoms with E-state index >= 15 is 0 Å². The number of amides is 1. The van der Waals surface area contributed by atoms with Crippen molar-refractivity contribution in [3.05, 3.63) is 30.0 Å². The van der Waals surface area contributed by atoms with E-state index in [0.29, 0.717) is 18.2 Å². The first-order chi connectivity index (χ1) is 13.1. The lowest BCUT2D eigenvalue weighted by Gasteiger charge is -2.29. The minimum atomic E-state index is -0.543. The van der Waals surface area contributed by atoms with Crippen LogP contribution in [0.1, 0.15) is 51.5 Å². The summed E-state index contributed by atoms with van der Waals surface area (Å²) in [6.07, 6.45) is 0.551. The molecule has 3 atom stereocenters. The van der Waals surface area contributed by atoms with Crippen LogP contribution in [0.4, 0.5) is 0 Å². The summed E-state index contributed by atoms with van der Waals surface area (Å²) >= 11 is 0. The van der Waals surface area contributed by atoms with Crippen LogP contribution in [-0.4, -0.2) is 50.9 Å². The van der Waals surface area contributed by atoms with Gasteiger partial charge in [0.15, 0.2) is 5.69 Å². The van der Waals surface area contributed by atoms with Crippen molar-refractivity contribution in [3.8, 4) is 0 Å². The number of rotatable bonds is 4. The molecule has 1 amide bonds. The molecule has 28 heavy (non-hydrogen) atoms. The van der Waals surface area contributed by atoms with E-state index in [9.17, 15) is 9.59 Å². The second kappa shape index (κ2) is 7.54. The van der Waals surface area contributed by atoms with Crippen LogP contribution < -0.4 is 5.32 Å². The van der Waals surface area contributed by atoms with Crippen LogP contribution in [-0.2, 0) is 16.6 Å². The van der Waals surface area contributed by atoms with Crippen molar-refractivity contribution in [1.82, 2.24) is 20.0 Å². The van der Waals surface area contributed by atoms with Crippen molar-refractivity contribution in [2.45, 2.75) is 58.8 Å². The maximum absolute atomic E-state index is 13.3. The number of ether oxygens (including phenoxy) is 1. The molecule has 1 aliphatic heterocycles. The van der Waals surface area contributed by atoms with Crippen LogP contribution in [0, 0.1) is 5.92 Å². The van der Waals surface area contributed by atoms with E-state index < -0.39 is 11.6 Å². The number of benzene rings is 1. The van der Waals surface area contributed by atoms with Crippen molar-refractivity contribution in [1.29, 1.82) is 0 Å². The molecule has 2 heterocycles. The summed E-state index contributed by atoms with van der Waals surface area (Å²) in [7, 11) is 1.84. The summed E-state index contributed by atoms with van der Waals surface area (Å²) < 4.78 is 7.19. The highest BCUT2D eigenvalue weighted by molar-refractivity contribution is 6.05. The van der Waals surface area contributed by atoms with Gasteiger partial charge in [0, 0.05) is 19.0 Å². The second-order valence-electron chi connectivity index (χ2n) is 8.73. The summed E-state index contributed by atoms with van der Waals surface area (Å²) in [4.78, 5) is 27.4. The van der Waals surface area contributed by atoms with Gasteiger partial charge in [0.2, 0.25) is 0 Å². The minimum Gasteiger partial charge on any atom is -0.459 e. The van der Waals surface area contributed by atoms with Gasteiger partial charge in [0.25, 0.3) is 5.91 Å². The maximum atomic E-state index is 13.3. The van der Waals surface area contributed by atoms with Gasteiger partial charge in [-0.25, -0.2) is 0 Å². The SMILES string of the molecule is CC1CC(NC(C)C(=O)OC(C)(C)C)N(C(=O)c2nn(C)c3ccccc23)C1. The number of hydrogen-bond acceptors (Lipinski definition) is 5. The van der Waals surface area contributed by atoms with Crippen LogP contribution >= 0.6 is 0 Å². The summed E-state index contributed by atoms with van der Waals surface area (Å²) in [5, 5.41) is 8.59. The van der Waals surface area contributed by atoms with Crippen molar-refractivity contribution >= 4 is 22.8 Å². The Bertz CT molecular complexity index is 883. The molecule has 1 aromatic carbocycles. The predicted molar refractivity (Wildman–Crippen MR) is 108 cm³/mol. The zero-order chi connectivity index (χ0) is 20.6. The number of aryl methyl sites for hydroxylation is 1.